The van der Waals surface area contributed by atoms with Crippen molar-refractivity contribution in [3.8, 4) is 16.9 Å². The summed E-state index contributed by atoms with van der Waals surface area (Å²) in [6.45, 7) is 0. The lowest BCUT2D eigenvalue weighted by atomic mass is 9.97. The van der Waals surface area contributed by atoms with E-state index in [1.807, 2.05) is 18.2 Å². The zero-order valence-electron chi connectivity index (χ0n) is 15.1. The van der Waals surface area contributed by atoms with Gasteiger partial charge in [0.05, 0.1) is 18.2 Å². The first-order valence-corrected chi connectivity index (χ1v) is 8.57. The number of carbonyl (C=O) groups excluding carboxylic acids is 1. The van der Waals surface area contributed by atoms with Crippen molar-refractivity contribution in [2.45, 2.75) is 6.18 Å². The van der Waals surface area contributed by atoms with Crippen LogP contribution in [0, 0.1) is 0 Å². The number of benzene rings is 1. The normalized spacial score (nSPS) is 11.6. The maximum atomic E-state index is 13.3. The predicted octanol–water partition coefficient (Wildman–Crippen LogP) is 4.89. The van der Waals surface area contributed by atoms with Crippen LogP contribution in [0.3, 0.4) is 0 Å². The Hall–Kier alpha value is -3.68. The molecule has 3 aromatic heterocycles. The first kappa shape index (κ1) is 18.7. The monoisotopic (exact) mass is 397 g/mol. The highest BCUT2D eigenvalue weighted by Crippen LogP contribution is 2.36. The number of fused-ring (bicyclic) bond motifs is 1. The Morgan fingerprint density at radius 2 is 1.86 bits per heavy atom. The molecule has 0 atom stereocenters. The smallest absolute Gasteiger partial charge is 0.417 e. The number of alkyl halides is 3. The standard InChI is InChI=1S/C21H14F3N3O2/c1-29-20(28)16-12-13(5-6-17(16)21(22,23)24)14-7-10-26-19-15(14)8-11-27(19)18-4-2-3-9-25-18/h2-12H,1H3. The third-order valence-electron chi connectivity index (χ3n) is 4.52. The average Bonchev–Trinajstić information content (AvgIpc) is 3.17. The SMILES string of the molecule is COC(=O)c1cc(-c2ccnc3c2ccn3-c2ccccn2)ccc1C(F)(F)F. The van der Waals surface area contributed by atoms with Crippen molar-refractivity contribution in [1.29, 1.82) is 0 Å². The highest BCUT2D eigenvalue weighted by Gasteiger charge is 2.35. The molecule has 0 aliphatic rings. The molecule has 146 valence electrons. The van der Waals surface area contributed by atoms with E-state index in [0.717, 1.165) is 13.2 Å². The summed E-state index contributed by atoms with van der Waals surface area (Å²) >= 11 is 0. The molecule has 0 saturated heterocycles. The minimum Gasteiger partial charge on any atom is -0.465 e. The van der Waals surface area contributed by atoms with Crippen molar-refractivity contribution >= 4 is 17.0 Å². The van der Waals surface area contributed by atoms with Crippen LogP contribution in [0.25, 0.3) is 28.0 Å². The van der Waals surface area contributed by atoms with Crippen LogP contribution in [0.15, 0.2) is 67.1 Å². The molecule has 29 heavy (non-hydrogen) atoms. The summed E-state index contributed by atoms with van der Waals surface area (Å²) in [5.74, 6) is -0.384. The van der Waals surface area contributed by atoms with Gasteiger partial charge >= 0.3 is 12.1 Å². The lowest BCUT2D eigenvalue weighted by molar-refractivity contribution is -0.138. The van der Waals surface area contributed by atoms with Gasteiger partial charge in [0.15, 0.2) is 0 Å². The van der Waals surface area contributed by atoms with Crippen molar-refractivity contribution < 1.29 is 22.7 Å². The van der Waals surface area contributed by atoms with Gasteiger partial charge in [-0.1, -0.05) is 12.1 Å². The zero-order chi connectivity index (χ0) is 20.6. The van der Waals surface area contributed by atoms with E-state index >= 15 is 0 Å². The second-order valence-electron chi connectivity index (χ2n) is 6.22. The van der Waals surface area contributed by atoms with Gasteiger partial charge in [-0.2, -0.15) is 13.2 Å². The van der Waals surface area contributed by atoms with E-state index in [9.17, 15) is 18.0 Å². The summed E-state index contributed by atoms with van der Waals surface area (Å²) in [4.78, 5) is 20.7. The van der Waals surface area contributed by atoms with Crippen molar-refractivity contribution in [2.24, 2.45) is 0 Å². The number of esters is 1. The number of aromatic nitrogens is 3. The topological polar surface area (TPSA) is 57.0 Å². The van der Waals surface area contributed by atoms with Crippen LogP contribution >= 0.6 is 0 Å². The highest BCUT2D eigenvalue weighted by atomic mass is 19.4. The Kier molecular flexibility index (Phi) is 4.54. The minimum absolute atomic E-state index is 0.449. The van der Waals surface area contributed by atoms with Crippen LogP contribution in [0.5, 0.6) is 0 Å². The highest BCUT2D eigenvalue weighted by molar-refractivity contribution is 5.97. The third kappa shape index (κ3) is 3.33. The number of pyridine rings is 2. The quantitative estimate of drug-likeness (QED) is 0.462. The average molecular weight is 397 g/mol. The Morgan fingerprint density at radius 3 is 2.55 bits per heavy atom. The summed E-state index contributed by atoms with van der Waals surface area (Å²) in [5, 5.41) is 0.716. The van der Waals surface area contributed by atoms with Gasteiger partial charge in [0.2, 0.25) is 0 Å². The van der Waals surface area contributed by atoms with E-state index in [0.29, 0.717) is 28.0 Å². The second-order valence-corrected chi connectivity index (χ2v) is 6.22. The van der Waals surface area contributed by atoms with E-state index < -0.39 is 23.3 Å². The lowest BCUT2D eigenvalue weighted by Crippen LogP contribution is -2.14. The molecule has 0 saturated carbocycles. The molecule has 0 unspecified atom stereocenters. The van der Waals surface area contributed by atoms with Gasteiger partial charge in [0.1, 0.15) is 11.5 Å². The van der Waals surface area contributed by atoms with Crippen LogP contribution in [-0.4, -0.2) is 27.6 Å². The number of hydrogen-bond donors (Lipinski definition) is 0. The molecule has 0 spiro atoms. The minimum atomic E-state index is -4.67. The molecule has 8 heteroatoms. The molecule has 4 rings (SSSR count). The Labute approximate surface area is 163 Å². The van der Waals surface area contributed by atoms with E-state index in [4.69, 9.17) is 0 Å². The summed E-state index contributed by atoms with van der Waals surface area (Å²) in [7, 11) is 1.05. The first-order chi connectivity index (χ1) is 13.9. The number of ether oxygens (including phenoxy) is 1. The van der Waals surface area contributed by atoms with Gasteiger partial charge in [-0.05, 0) is 47.5 Å². The molecule has 0 fully saturated rings. The summed E-state index contributed by atoms with van der Waals surface area (Å²) < 4.78 is 46.2. The molecule has 1 aromatic carbocycles. The Balaban J connectivity index is 1.90. The van der Waals surface area contributed by atoms with E-state index in [1.165, 1.54) is 12.1 Å². The van der Waals surface area contributed by atoms with Crippen LogP contribution < -0.4 is 0 Å². The zero-order valence-corrected chi connectivity index (χ0v) is 15.1. The van der Waals surface area contributed by atoms with Gasteiger partial charge in [-0.25, -0.2) is 14.8 Å². The molecule has 0 N–H and O–H groups in total. The van der Waals surface area contributed by atoms with Crippen molar-refractivity contribution in [2.75, 3.05) is 7.11 Å². The maximum absolute atomic E-state index is 13.3. The molecule has 5 nitrogen and oxygen atoms in total. The molecule has 0 radical (unpaired) electrons. The molecule has 0 aliphatic heterocycles. The van der Waals surface area contributed by atoms with Crippen molar-refractivity contribution in [3.63, 3.8) is 0 Å². The largest absolute Gasteiger partial charge is 0.465 e. The molecule has 0 bridgehead atoms. The fourth-order valence-electron chi connectivity index (χ4n) is 3.21. The molecule has 4 aromatic rings. The number of rotatable bonds is 3. The number of methoxy groups -OCH3 is 1. The summed E-state index contributed by atoms with van der Waals surface area (Å²) in [6.07, 6.45) is 0.336. The molecule has 0 amide bonds. The maximum Gasteiger partial charge on any atom is 0.417 e. The van der Waals surface area contributed by atoms with Crippen molar-refractivity contribution in [3.05, 3.63) is 78.2 Å². The third-order valence-corrected chi connectivity index (χ3v) is 4.52. The summed E-state index contributed by atoms with van der Waals surface area (Å²) in [5.41, 5.74) is 0.116. The number of hydrogen-bond acceptors (Lipinski definition) is 4. The fourth-order valence-corrected chi connectivity index (χ4v) is 3.21. The molecule has 3 heterocycles. The van der Waals surface area contributed by atoms with E-state index in [1.54, 1.807) is 35.3 Å². The van der Waals surface area contributed by atoms with Crippen LogP contribution in [0.4, 0.5) is 13.2 Å². The van der Waals surface area contributed by atoms with Crippen molar-refractivity contribution in [1.82, 2.24) is 14.5 Å². The van der Waals surface area contributed by atoms with Gasteiger partial charge in [0.25, 0.3) is 0 Å². The van der Waals surface area contributed by atoms with Crippen LogP contribution in [0.1, 0.15) is 15.9 Å². The molecular weight excluding hydrogens is 383 g/mol. The van der Waals surface area contributed by atoms with Crippen LogP contribution in [0.2, 0.25) is 0 Å². The molecule has 0 aliphatic carbocycles. The van der Waals surface area contributed by atoms with E-state index in [-0.39, 0.29) is 0 Å². The van der Waals surface area contributed by atoms with Gasteiger partial charge < -0.3 is 4.74 Å². The number of carbonyl (C=O) groups is 1. The van der Waals surface area contributed by atoms with Crippen LogP contribution in [-0.2, 0) is 10.9 Å². The van der Waals surface area contributed by atoms with Gasteiger partial charge in [0, 0.05) is 24.0 Å². The van der Waals surface area contributed by atoms with Gasteiger partial charge in [-0.15, -0.1) is 0 Å². The second kappa shape index (κ2) is 7.05. The summed E-state index contributed by atoms with van der Waals surface area (Å²) in [6, 6.07) is 12.4. The van der Waals surface area contributed by atoms with Gasteiger partial charge in [-0.3, -0.25) is 4.57 Å². The van der Waals surface area contributed by atoms with E-state index in [2.05, 4.69) is 14.7 Å². The number of nitrogens with zero attached hydrogens (tertiary/aromatic N) is 3. The first-order valence-electron chi connectivity index (χ1n) is 8.57. The lowest BCUT2D eigenvalue weighted by Gasteiger charge is -2.13. The Bertz CT molecular complexity index is 1200. The fraction of sp³-hybridized carbons (Fsp3) is 0.0952. The Morgan fingerprint density at radius 1 is 1.03 bits per heavy atom. The predicted molar refractivity (Wildman–Crippen MR) is 101 cm³/mol. The number of halogens is 3. The molecular formula is C21H14F3N3O2.